The van der Waals surface area contributed by atoms with E-state index in [1.165, 1.54) is 18.4 Å². The van der Waals surface area contributed by atoms with Gasteiger partial charge >= 0.3 is 6.18 Å². The first-order valence-corrected chi connectivity index (χ1v) is 7.26. The van der Waals surface area contributed by atoms with Crippen molar-refractivity contribution in [1.29, 1.82) is 0 Å². The lowest BCUT2D eigenvalue weighted by Crippen LogP contribution is -2.06. The zero-order valence-electron chi connectivity index (χ0n) is 10.6. The molecule has 1 rings (SSSR count). The lowest BCUT2D eigenvalue weighted by Gasteiger charge is -2.09. The van der Waals surface area contributed by atoms with Crippen LogP contribution in [0.1, 0.15) is 17.5 Å². The van der Waals surface area contributed by atoms with Gasteiger partial charge in [0.05, 0.1) is 28.1 Å². The quantitative estimate of drug-likeness (QED) is 0.464. The van der Waals surface area contributed by atoms with E-state index < -0.39 is 22.5 Å². The highest BCUT2D eigenvalue weighted by atomic mass is 32.2. The van der Waals surface area contributed by atoms with Crippen LogP contribution in [0.2, 0.25) is 0 Å². The summed E-state index contributed by atoms with van der Waals surface area (Å²) < 4.78 is 49.9. The first kappa shape index (κ1) is 16.8. The Kier molecular flexibility index (Phi) is 6.26. The molecule has 1 aromatic rings. The zero-order valence-corrected chi connectivity index (χ0v) is 12.2. The molecule has 0 saturated heterocycles. The van der Waals surface area contributed by atoms with Crippen LogP contribution in [0.5, 0.6) is 0 Å². The third kappa shape index (κ3) is 5.36. The predicted octanol–water partition coefficient (Wildman–Crippen LogP) is 4.13. The van der Waals surface area contributed by atoms with Crippen molar-refractivity contribution < 1.29 is 17.4 Å². The minimum Gasteiger partial charge on any atom is -0.250 e. The molecule has 0 fully saturated rings. The molecule has 20 heavy (non-hydrogen) atoms. The van der Waals surface area contributed by atoms with Crippen LogP contribution in [0.15, 0.2) is 39.6 Å². The topological polar surface area (TPSA) is 29.4 Å². The summed E-state index contributed by atoms with van der Waals surface area (Å²) in [6, 6.07) is 3.41. The summed E-state index contributed by atoms with van der Waals surface area (Å²) in [6.45, 7) is 1.95. The van der Waals surface area contributed by atoms with Crippen molar-refractivity contribution in [3.8, 4) is 0 Å². The highest BCUT2D eigenvalue weighted by molar-refractivity contribution is 7.88. The van der Waals surface area contributed by atoms with Crippen LogP contribution in [-0.4, -0.2) is 15.9 Å². The van der Waals surface area contributed by atoms with E-state index >= 15 is 0 Å². The fraction of sp³-hybridized carbons (Fsp3) is 0.308. The number of hydrogen-bond acceptors (Lipinski definition) is 3. The molecule has 1 aromatic carbocycles. The van der Waals surface area contributed by atoms with E-state index in [-0.39, 0.29) is 4.90 Å². The Balaban J connectivity index is 2.88. The summed E-state index contributed by atoms with van der Waals surface area (Å²) in [5, 5.41) is 3.55. The first-order valence-electron chi connectivity index (χ1n) is 5.64. The minimum atomic E-state index is -4.44. The average molecular weight is 319 g/mol. The molecule has 7 heteroatoms. The standard InChI is InChI=1S/C13H12F3NOS2/c1-10-6-11(13(14,15)16)8-12(7-10)20(18)5-3-2-4-17-9-19/h3,5-8H,2,4H2,1H3/b5-3+. The number of alkyl halides is 3. The van der Waals surface area contributed by atoms with Gasteiger partial charge in [-0.2, -0.15) is 13.2 Å². The second-order valence-corrected chi connectivity index (χ2v) is 5.48. The van der Waals surface area contributed by atoms with Crippen LogP contribution in [-0.2, 0) is 17.0 Å². The van der Waals surface area contributed by atoms with Crippen LogP contribution >= 0.6 is 12.2 Å². The number of thiocarbonyl (C=S) groups is 1. The molecule has 1 atom stereocenters. The van der Waals surface area contributed by atoms with Crippen LogP contribution in [0, 0.1) is 6.92 Å². The zero-order chi connectivity index (χ0) is 15.2. The molecule has 0 radical (unpaired) electrons. The Labute approximate surface area is 122 Å². The summed E-state index contributed by atoms with van der Waals surface area (Å²) in [7, 11) is -1.61. The minimum absolute atomic E-state index is 0.131. The first-order chi connectivity index (χ1) is 9.34. The summed E-state index contributed by atoms with van der Waals surface area (Å²) >= 11 is 4.39. The van der Waals surface area contributed by atoms with E-state index in [2.05, 4.69) is 22.4 Å². The Morgan fingerprint density at radius 3 is 2.70 bits per heavy atom. The molecule has 0 aliphatic carbocycles. The third-order valence-electron chi connectivity index (χ3n) is 2.30. The fourth-order valence-electron chi connectivity index (χ4n) is 1.45. The summed E-state index contributed by atoms with van der Waals surface area (Å²) in [6.07, 6.45) is -2.34. The van der Waals surface area contributed by atoms with Gasteiger partial charge in [0.15, 0.2) is 0 Å². The second kappa shape index (κ2) is 7.47. The largest absolute Gasteiger partial charge is 0.416 e. The van der Waals surface area contributed by atoms with Gasteiger partial charge in [-0.15, -0.1) is 0 Å². The smallest absolute Gasteiger partial charge is 0.250 e. The molecule has 0 N–H and O–H groups in total. The Hall–Kier alpha value is -1.30. The van der Waals surface area contributed by atoms with E-state index in [4.69, 9.17) is 0 Å². The molecule has 0 heterocycles. The van der Waals surface area contributed by atoms with Crippen LogP contribution < -0.4 is 0 Å². The van der Waals surface area contributed by atoms with Crippen molar-refractivity contribution in [3.05, 3.63) is 40.8 Å². The van der Waals surface area contributed by atoms with Crippen molar-refractivity contribution in [2.45, 2.75) is 24.4 Å². The Bertz CT molecular complexity index is 575. The molecule has 108 valence electrons. The average Bonchev–Trinajstić information content (AvgIpc) is 2.36. The maximum absolute atomic E-state index is 12.7. The Morgan fingerprint density at radius 1 is 1.40 bits per heavy atom. The number of rotatable bonds is 5. The molecular weight excluding hydrogens is 307 g/mol. The van der Waals surface area contributed by atoms with E-state index in [0.29, 0.717) is 18.5 Å². The SMILES string of the molecule is Cc1cc(S(=O)/C=C/CCN=C=S)cc(C(F)(F)F)c1. The number of aliphatic imine (C=N–C) groups is 1. The molecule has 0 amide bonds. The van der Waals surface area contributed by atoms with Gasteiger partial charge in [0.25, 0.3) is 0 Å². The maximum atomic E-state index is 12.7. The van der Waals surface area contributed by atoms with E-state index in [1.807, 2.05) is 0 Å². The van der Waals surface area contributed by atoms with Gasteiger partial charge in [0.2, 0.25) is 0 Å². The number of halogens is 3. The molecule has 0 aromatic heterocycles. The highest BCUT2D eigenvalue weighted by Gasteiger charge is 2.31. The highest BCUT2D eigenvalue weighted by Crippen LogP contribution is 2.31. The van der Waals surface area contributed by atoms with Gasteiger partial charge in [0, 0.05) is 10.3 Å². The maximum Gasteiger partial charge on any atom is 0.416 e. The van der Waals surface area contributed by atoms with Crippen LogP contribution in [0.4, 0.5) is 13.2 Å². The van der Waals surface area contributed by atoms with Gasteiger partial charge < -0.3 is 0 Å². The predicted molar refractivity (Wildman–Crippen MR) is 76.2 cm³/mol. The van der Waals surface area contributed by atoms with E-state index in [9.17, 15) is 17.4 Å². The van der Waals surface area contributed by atoms with E-state index in [0.717, 1.165) is 12.1 Å². The Morgan fingerprint density at radius 2 is 2.10 bits per heavy atom. The lowest BCUT2D eigenvalue weighted by molar-refractivity contribution is -0.137. The molecule has 0 spiro atoms. The van der Waals surface area contributed by atoms with Crippen molar-refractivity contribution in [3.63, 3.8) is 0 Å². The molecule has 0 saturated carbocycles. The molecule has 1 unspecified atom stereocenters. The van der Waals surface area contributed by atoms with Gasteiger partial charge in [0.1, 0.15) is 0 Å². The molecule has 0 bridgehead atoms. The normalized spacial score (nSPS) is 13.2. The summed E-state index contributed by atoms with van der Waals surface area (Å²) in [5.41, 5.74) is -0.374. The number of isothiocyanates is 1. The molecule has 0 aliphatic rings. The lowest BCUT2D eigenvalue weighted by atomic mass is 10.1. The van der Waals surface area contributed by atoms with Crippen molar-refractivity contribution in [2.75, 3.05) is 6.54 Å². The number of aryl methyl sites for hydroxylation is 1. The fourth-order valence-corrected chi connectivity index (χ4v) is 2.55. The van der Waals surface area contributed by atoms with Gasteiger partial charge in [-0.05, 0) is 49.3 Å². The van der Waals surface area contributed by atoms with Gasteiger partial charge in [-0.3, -0.25) is 0 Å². The van der Waals surface area contributed by atoms with Crippen LogP contribution in [0.3, 0.4) is 0 Å². The monoisotopic (exact) mass is 319 g/mol. The van der Waals surface area contributed by atoms with Crippen molar-refractivity contribution >= 4 is 28.2 Å². The molecular formula is C13H12F3NOS2. The van der Waals surface area contributed by atoms with Gasteiger partial charge in [-0.25, -0.2) is 9.20 Å². The van der Waals surface area contributed by atoms with E-state index in [1.54, 1.807) is 6.08 Å². The number of hydrogen-bond donors (Lipinski definition) is 0. The number of benzene rings is 1. The van der Waals surface area contributed by atoms with Crippen LogP contribution in [0.25, 0.3) is 0 Å². The number of nitrogens with zero attached hydrogens (tertiary/aromatic N) is 1. The molecule has 2 nitrogen and oxygen atoms in total. The summed E-state index contributed by atoms with van der Waals surface area (Å²) in [4.78, 5) is 3.80. The third-order valence-corrected chi connectivity index (χ3v) is 3.57. The van der Waals surface area contributed by atoms with Crippen molar-refractivity contribution in [2.24, 2.45) is 4.99 Å². The summed E-state index contributed by atoms with van der Waals surface area (Å²) in [5.74, 6) is 0. The van der Waals surface area contributed by atoms with Crippen molar-refractivity contribution in [1.82, 2.24) is 0 Å². The van der Waals surface area contributed by atoms with Gasteiger partial charge in [-0.1, -0.05) is 6.08 Å². The molecule has 0 aliphatic heterocycles. The second-order valence-electron chi connectivity index (χ2n) is 3.96.